The average molecular weight is 454 g/mol. The minimum Gasteiger partial charge on any atom is -0.381 e. The molecule has 1 N–H and O–H groups in total. The zero-order valence-electron chi connectivity index (χ0n) is 14.9. The minimum absolute atomic E-state index is 0. The van der Waals surface area contributed by atoms with Crippen LogP contribution in [0.25, 0.3) is 10.9 Å². The van der Waals surface area contributed by atoms with Gasteiger partial charge >= 0.3 is 0 Å². The SMILES string of the molecule is CCNC(=NCc1cccc2cccnc12)N(C)CC1CCOC1.I. The van der Waals surface area contributed by atoms with E-state index in [-0.39, 0.29) is 24.0 Å². The van der Waals surface area contributed by atoms with Gasteiger partial charge in [-0.3, -0.25) is 4.98 Å². The molecule has 1 unspecified atom stereocenters. The highest BCUT2D eigenvalue weighted by Crippen LogP contribution is 2.17. The lowest BCUT2D eigenvalue weighted by molar-refractivity contribution is 0.181. The summed E-state index contributed by atoms with van der Waals surface area (Å²) in [7, 11) is 2.10. The van der Waals surface area contributed by atoms with Crippen LogP contribution in [0.1, 0.15) is 18.9 Å². The van der Waals surface area contributed by atoms with Crippen LogP contribution in [-0.4, -0.2) is 49.2 Å². The normalized spacial score (nSPS) is 17.4. The fraction of sp³-hybridized carbons (Fsp3) is 0.474. The van der Waals surface area contributed by atoms with Crippen LogP contribution in [0.5, 0.6) is 0 Å². The van der Waals surface area contributed by atoms with Gasteiger partial charge in [-0.25, -0.2) is 4.99 Å². The van der Waals surface area contributed by atoms with Gasteiger partial charge < -0.3 is 15.0 Å². The van der Waals surface area contributed by atoms with E-state index in [0.717, 1.165) is 55.2 Å². The highest BCUT2D eigenvalue weighted by Gasteiger charge is 2.19. The van der Waals surface area contributed by atoms with Crippen molar-refractivity contribution in [3.05, 3.63) is 42.1 Å². The summed E-state index contributed by atoms with van der Waals surface area (Å²) in [5.41, 5.74) is 2.19. The van der Waals surface area contributed by atoms with Crippen molar-refractivity contribution >= 4 is 40.8 Å². The molecule has 1 aliphatic rings. The first kappa shape index (κ1) is 19.9. The summed E-state index contributed by atoms with van der Waals surface area (Å²) in [6.07, 6.45) is 2.98. The van der Waals surface area contributed by atoms with Gasteiger partial charge in [-0.15, -0.1) is 24.0 Å². The molecule has 5 nitrogen and oxygen atoms in total. The van der Waals surface area contributed by atoms with Crippen molar-refractivity contribution in [3.8, 4) is 0 Å². The Balaban J connectivity index is 0.00000225. The van der Waals surface area contributed by atoms with Gasteiger partial charge in [-0.2, -0.15) is 0 Å². The largest absolute Gasteiger partial charge is 0.381 e. The van der Waals surface area contributed by atoms with E-state index in [1.165, 1.54) is 0 Å². The molecule has 1 aliphatic heterocycles. The molecule has 0 saturated carbocycles. The van der Waals surface area contributed by atoms with Crippen molar-refractivity contribution in [2.24, 2.45) is 10.9 Å². The maximum Gasteiger partial charge on any atom is 0.193 e. The van der Waals surface area contributed by atoms with E-state index in [4.69, 9.17) is 9.73 Å². The summed E-state index contributed by atoms with van der Waals surface area (Å²) in [5.74, 6) is 1.54. The lowest BCUT2D eigenvalue weighted by atomic mass is 10.1. The molecule has 1 fully saturated rings. The molecule has 136 valence electrons. The minimum atomic E-state index is 0. The highest BCUT2D eigenvalue weighted by atomic mass is 127. The number of halogens is 1. The molecule has 0 aliphatic carbocycles. The van der Waals surface area contributed by atoms with Crippen LogP contribution in [0, 0.1) is 5.92 Å². The van der Waals surface area contributed by atoms with Crippen LogP contribution in [0.15, 0.2) is 41.5 Å². The first-order valence-electron chi connectivity index (χ1n) is 8.67. The average Bonchev–Trinajstić information content (AvgIpc) is 3.11. The Hall–Kier alpha value is -1.41. The molecule has 1 saturated heterocycles. The number of pyridine rings is 1. The number of rotatable bonds is 5. The number of benzene rings is 1. The Bertz CT molecular complexity index is 695. The Morgan fingerprint density at radius 3 is 2.96 bits per heavy atom. The zero-order valence-corrected chi connectivity index (χ0v) is 17.3. The molecule has 0 spiro atoms. The Morgan fingerprint density at radius 1 is 1.36 bits per heavy atom. The number of guanidine groups is 1. The van der Waals surface area contributed by atoms with Gasteiger partial charge in [0.25, 0.3) is 0 Å². The monoisotopic (exact) mass is 454 g/mol. The highest BCUT2D eigenvalue weighted by molar-refractivity contribution is 14.0. The molecule has 25 heavy (non-hydrogen) atoms. The summed E-state index contributed by atoms with van der Waals surface area (Å²) in [5, 5.41) is 4.55. The van der Waals surface area contributed by atoms with Crippen LogP contribution in [0.3, 0.4) is 0 Å². The van der Waals surface area contributed by atoms with Gasteiger partial charge in [0.2, 0.25) is 0 Å². The first-order chi connectivity index (χ1) is 11.8. The van der Waals surface area contributed by atoms with Crippen LogP contribution in [0.4, 0.5) is 0 Å². The first-order valence-corrected chi connectivity index (χ1v) is 8.67. The molecule has 2 aromatic rings. The fourth-order valence-electron chi connectivity index (χ4n) is 3.13. The van der Waals surface area contributed by atoms with E-state index in [9.17, 15) is 0 Å². The van der Waals surface area contributed by atoms with E-state index in [0.29, 0.717) is 12.5 Å². The predicted molar refractivity (Wildman–Crippen MR) is 114 cm³/mol. The van der Waals surface area contributed by atoms with Crippen LogP contribution >= 0.6 is 24.0 Å². The van der Waals surface area contributed by atoms with Gasteiger partial charge in [0.15, 0.2) is 5.96 Å². The summed E-state index contributed by atoms with van der Waals surface area (Å²) < 4.78 is 5.48. The van der Waals surface area contributed by atoms with E-state index in [1.807, 2.05) is 12.3 Å². The maximum atomic E-state index is 5.48. The second-order valence-electron chi connectivity index (χ2n) is 6.27. The van der Waals surface area contributed by atoms with E-state index in [2.05, 4.69) is 53.4 Å². The van der Waals surface area contributed by atoms with E-state index >= 15 is 0 Å². The second kappa shape index (κ2) is 9.91. The Morgan fingerprint density at radius 2 is 2.20 bits per heavy atom. The molecule has 1 atom stereocenters. The van der Waals surface area contributed by atoms with Crippen molar-refractivity contribution in [2.45, 2.75) is 19.9 Å². The Labute approximate surface area is 166 Å². The second-order valence-corrected chi connectivity index (χ2v) is 6.27. The lowest BCUT2D eigenvalue weighted by Crippen LogP contribution is -2.41. The number of hydrogen-bond acceptors (Lipinski definition) is 3. The molecule has 0 amide bonds. The third-order valence-corrected chi connectivity index (χ3v) is 4.37. The number of hydrogen-bond donors (Lipinski definition) is 1. The van der Waals surface area contributed by atoms with Crippen LogP contribution < -0.4 is 5.32 Å². The number of fused-ring (bicyclic) bond motifs is 1. The number of nitrogens with zero attached hydrogens (tertiary/aromatic N) is 3. The quantitative estimate of drug-likeness (QED) is 0.428. The number of nitrogens with one attached hydrogen (secondary N) is 1. The van der Waals surface area contributed by atoms with E-state index < -0.39 is 0 Å². The molecular weight excluding hydrogens is 427 g/mol. The topological polar surface area (TPSA) is 49.8 Å². The molecular formula is C19H27IN4O. The van der Waals surface area contributed by atoms with Gasteiger partial charge in [-0.05, 0) is 25.0 Å². The number of ether oxygens (including phenoxy) is 1. The number of aliphatic imine (C=N–C) groups is 1. The summed E-state index contributed by atoms with van der Waals surface area (Å²) in [6.45, 7) is 6.30. The third kappa shape index (κ3) is 5.28. The molecule has 1 aromatic carbocycles. The van der Waals surface area contributed by atoms with Crippen LogP contribution in [0.2, 0.25) is 0 Å². The fourth-order valence-corrected chi connectivity index (χ4v) is 3.13. The van der Waals surface area contributed by atoms with Crippen molar-refractivity contribution in [2.75, 3.05) is 33.4 Å². The molecule has 6 heteroatoms. The van der Waals surface area contributed by atoms with Crippen molar-refractivity contribution in [1.82, 2.24) is 15.2 Å². The van der Waals surface area contributed by atoms with Crippen molar-refractivity contribution < 1.29 is 4.74 Å². The standard InChI is InChI=1S/C19H26N4O.HI/c1-3-20-19(23(2)13-15-9-11-24-14-15)22-12-17-7-4-6-16-8-5-10-21-18(16)17;/h4-8,10,15H,3,9,11-14H2,1-2H3,(H,20,22);1H. The van der Waals surface area contributed by atoms with Gasteiger partial charge in [0.05, 0.1) is 18.7 Å². The molecule has 0 bridgehead atoms. The van der Waals surface area contributed by atoms with E-state index in [1.54, 1.807) is 0 Å². The van der Waals surface area contributed by atoms with Gasteiger partial charge in [-0.1, -0.05) is 24.3 Å². The molecule has 2 heterocycles. The zero-order chi connectivity index (χ0) is 16.8. The lowest BCUT2D eigenvalue weighted by Gasteiger charge is -2.24. The van der Waals surface area contributed by atoms with Crippen molar-refractivity contribution in [1.29, 1.82) is 0 Å². The number of aromatic nitrogens is 1. The van der Waals surface area contributed by atoms with Crippen LogP contribution in [-0.2, 0) is 11.3 Å². The summed E-state index contributed by atoms with van der Waals surface area (Å²) in [4.78, 5) is 11.5. The molecule has 0 radical (unpaired) electrons. The summed E-state index contributed by atoms with van der Waals surface area (Å²) >= 11 is 0. The predicted octanol–water partition coefficient (Wildman–Crippen LogP) is 3.29. The Kier molecular flexibility index (Phi) is 7.90. The van der Waals surface area contributed by atoms with Gasteiger partial charge in [0.1, 0.15) is 0 Å². The molecule has 3 rings (SSSR count). The van der Waals surface area contributed by atoms with Gasteiger partial charge in [0, 0.05) is 44.2 Å². The third-order valence-electron chi connectivity index (χ3n) is 4.37. The number of para-hydroxylation sites is 1. The molecule has 1 aromatic heterocycles. The maximum absolute atomic E-state index is 5.48. The summed E-state index contributed by atoms with van der Waals surface area (Å²) in [6, 6.07) is 10.3. The van der Waals surface area contributed by atoms with Crippen molar-refractivity contribution in [3.63, 3.8) is 0 Å². The smallest absolute Gasteiger partial charge is 0.193 e.